The maximum absolute atomic E-state index is 11.8. The van der Waals surface area contributed by atoms with Crippen molar-refractivity contribution in [3.05, 3.63) is 34.9 Å². The van der Waals surface area contributed by atoms with E-state index in [1.165, 1.54) is 6.92 Å². The smallest absolute Gasteiger partial charge is 0.325 e. The third kappa shape index (κ3) is 2.82. The van der Waals surface area contributed by atoms with E-state index in [-0.39, 0.29) is 5.91 Å². The van der Waals surface area contributed by atoms with Gasteiger partial charge in [0.25, 0.3) is 5.91 Å². The van der Waals surface area contributed by atoms with Crippen LogP contribution in [-0.4, -0.2) is 23.0 Å². The van der Waals surface area contributed by atoms with Crippen molar-refractivity contribution < 1.29 is 14.7 Å². The van der Waals surface area contributed by atoms with Crippen LogP contribution in [0.1, 0.15) is 28.4 Å². The second-order valence-corrected chi connectivity index (χ2v) is 3.85. The van der Waals surface area contributed by atoms with Crippen LogP contribution in [0.4, 0.5) is 0 Å². The Labute approximate surface area is 94.3 Å². The van der Waals surface area contributed by atoms with Crippen LogP contribution in [0, 0.1) is 13.8 Å². The SMILES string of the molecule is Cc1ccc(C)c(C(=O)N[C@@H](C)C(=O)O)c1. The van der Waals surface area contributed by atoms with Gasteiger partial charge in [-0.05, 0) is 32.4 Å². The summed E-state index contributed by atoms with van der Waals surface area (Å²) in [4.78, 5) is 22.4. The molecule has 0 aliphatic heterocycles. The Kier molecular flexibility index (Phi) is 3.66. The molecule has 4 nitrogen and oxygen atoms in total. The van der Waals surface area contributed by atoms with E-state index in [0.29, 0.717) is 5.56 Å². The first-order valence-corrected chi connectivity index (χ1v) is 5.02. The number of amides is 1. The second-order valence-electron chi connectivity index (χ2n) is 3.85. The number of nitrogens with one attached hydrogen (secondary N) is 1. The number of rotatable bonds is 3. The molecule has 1 rings (SSSR count). The molecule has 0 radical (unpaired) electrons. The zero-order valence-electron chi connectivity index (χ0n) is 9.57. The molecule has 0 saturated carbocycles. The molecule has 0 spiro atoms. The summed E-state index contributed by atoms with van der Waals surface area (Å²) in [5, 5.41) is 11.1. The maximum Gasteiger partial charge on any atom is 0.325 e. The van der Waals surface area contributed by atoms with Crippen molar-refractivity contribution in [2.75, 3.05) is 0 Å². The van der Waals surface area contributed by atoms with Crippen molar-refractivity contribution in [2.45, 2.75) is 26.8 Å². The standard InChI is InChI=1S/C12H15NO3/c1-7-4-5-8(2)10(6-7)11(14)13-9(3)12(15)16/h4-6,9H,1-3H3,(H,13,14)(H,15,16)/t9-/m0/s1. The van der Waals surface area contributed by atoms with Gasteiger partial charge in [0.05, 0.1) is 0 Å². The lowest BCUT2D eigenvalue weighted by Gasteiger charge is -2.11. The molecule has 1 aromatic carbocycles. The van der Waals surface area contributed by atoms with Crippen LogP contribution in [0.25, 0.3) is 0 Å². The lowest BCUT2D eigenvalue weighted by atomic mass is 10.0. The van der Waals surface area contributed by atoms with Crippen molar-refractivity contribution in [2.24, 2.45) is 0 Å². The molecule has 0 aromatic heterocycles. The number of carbonyl (C=O) groups is 2. The van der Waals surface area contributed by atoms with Crippen LogP contribution in [0.2, 0.25) is 0 Å². The van der Waals surface area contributed by atoms with Gasteiger partial charge in [0.15, 0.2) is 0 Å². The van der Waals surface area contributed by atoms with Crippen LogP contribution in [0.5, 0.6) is 0 Å². The summed E-state index contributed by atoms with van der Waals surface area (Å²) in [7, 11) is 0. The average Bonchev–Trinajstić information content (AvgIpc) is 2.21. The third-order valence-corrected chi connectivity index (χ3v) is 2.36. The Morgan fingerprint density at radius 3 is 2.50 bits per heavy atom. The van der Waals surface area contributed by atoms with E-state index in [0.717, 1.165) is 11.1 Å². The lowest BCUT2D eigenvalue weighted by molar-refractivity contribution is -0.138. The summed E-state index contributed by atoms with van der Waals surface area (Å²) in [6.45, 7) is 5.14. The van der Waals surface area contributed by atoms with Crippen molar-refractivity contribution in [3.8, 4) is 0 Å². The minimum absolute atomic E-state index is 0.351. The number of aliphatic carboxylic acids is 1. The Balaban J connectivity index is 2.88. The fourth-order valence-electron chi connectivity index (χ4n) is 1.32. The molecule has 0 aliphatic carbocycles. The molecule has 0 unspecified atom stereocenters. The highest BCUT2D eigenvalue weighted by Crippen LogP contribution is 2.10. The number of hydrogen-bond donors (Lipinski definition) is 2. The fourth-order valence-corrected chi connectivity index (χ4v) is 1.32. The molecule has 86 valence electrons. The van der Waals surface area contributed by atoms with E-state index in [1.54, 1.807) is 6.07 Å². The molecule has 0 fully saturated rings. The number of carboxylic acids is 1. The third-order valence-electron chi connectivity index (χ3n) is 2.36. The highest BCUT2D eigenvalue weighted by atomic mass is 16.4. The van der Waals surface area contributed by atoms with E-state index in [1.807, 2.05) is 26.0 Å². The van der Waals surface area contributed by atoms with E-state index in [4.69, 9.17) is 5.11 Å². The number of carbonyl (C=O) groups excluding carboxylic acids is 1. The molecular formula is C12H15NO3. The zero-order valence-corrected chi connectivity index (χ0v) is 9.57. The molecule has 0 heterocycles. The summed E-state index contributed by atoms with van der Waals surface area (Å²) in [5.74, 6) is -1.39. The molecular weight excluding hydrogens is 206 g/mol. The van der Waals surface area contributed by atoms with Gasteiger partial charge in [-0.2, -0.15) is 0 Å². The van der Waals surface area contributed by atoms with Crippen molar-refractivity contribution in [1.29, 1.82) is 0 Å². The van der Waals surface area contributed by atoms with Crippen LogP contribution < -0.4 is 5.32 Å². The summed E-state index contributed by atoms with van der Waals surface area (Å²) in [6, 6.07) is 4.62. The normalized spacial score (nSPS) is 11.9. The molecule has 0 saturated heterocycles. The number of hydrogen-bond acceptors (Lipinski definition) is 2. The Morgan fingerprint density at radius 2 is 1.94 bits per heavy atom. The van der Waals surface area contributed by atoms with Gasteiger partial charge in [-0.1, -0.05) is 17.7 Å². The zero-order chi connectivity index (χ0) is 12.3. The minimum atomic E-state index is -1.04. The summed E-state index contributed by atoms with van der Waals surface area (Å²) >= 11 is 0. The van der Waals surface area contributed by atoms with E-state index < -0.39 is 12.0 Å². The maximum atomic E-state index is 11.8. The van der Waals surface area contributed by atoms with Gasteiger partial charge in [0.2, 0.25) is 0 Å². The molecule has 0 aliphatic rings. The first-order valence-electron chi connectivity index (χ1n) is 5.02. The molecule has 0 bridgehead atoms. The van der Waals surface area contributed by atoms with Crippen molar-refractivity contribution in [1.82, 2.24) is 5.32 Å². The van der Waals surface area contributed by atoms with Crippen LogP contribution in [-0.2, 0) is 4.79 Å². The monoisotopic (exact) mass is 221 g/mol. The second kappa shape index (κ2) is 4.79. The Hall–Kier alpha value is -1.84. The van der Waals surface area contributed by atoms with E-state index >= 15 is 0 Å². The van der Waals surface area contributed by atoms with E-state index in [9.17, 15) is 9.59 Å². The highest BCUT2D eigenvalue weighted by Gasteiger charge is 2.16. The Bertz CT molecular complexity index is 426. The topological polar surface area (TPSA) is 66.4 Å². The first kappa shape index (κ1) is 12.2. The number of benzene rings is 1. The van der Waals surface area contributed by atoms with Crippen LogP contribution in [0.15, 0.2) is 18.2 Å². The van der Waals surface area contributed by atoms with Gasteiger partial charge in [0, 0.05) is 5.56 Å². The molecule has 1 atom stereocenters. The van der Waals surface area contributed by atoms with Gasteiger partial charge in [0.1, 0.15) is 6.04 Å². The van der Waals surface area contributed by atoms with Crippen LogP contribution in [0.3, 0.4) is 0 Å². The summed E-state index contributed by atoms with van der Waals surface area (Å²) in [6.07, 6.45) is 0. The largest absolute Gasteiger partial charge is 0.480 e. The Morgan fingerprint density at radius 1 is 1.31 bits per heavy atom. The van der Waals surface area contributed by atoms with Gasteiger partial charge in [-0.3, -0.25) is 9.59 Å². The average molecular weight is 221 g/mol. The molecule has 16 heavy (non-hydrogen) atoms. The molecule has 1 amide bonds. The van der Waals surface area contributed by atoms with Crippen LogP contribution >= 0.6 is 0 Å². The minimum Gasteiger partial charge on any atom is -0.480 e. The highest BCUT2D eigenvalue weighted by molar-refractivity contribution is 5.97. The summed E-state index contributed by atoms with van der Waals surface area (Å²) in [5.41, 5.74) is 2.33. The molecule has 2 N–H and O–H groups in total. The van der Waals surface area contributed by atoms with Gasteiger partial charge in [-0.25, -0.2) is 0 Å². The first-order chi connectivity index (χ1) is 7.41. The molecule has 4 heteroatoms. The van der Waals surface area contributed by atoms with Gasteiger partial charge >= 0.3 is 5.97 Å². The van der Waals surface area contributed by atoms with Crippen molar-refractivity contribution in [3.63, 3.8) is 0 Å². The summed E-state index contributed by atoms with van der Waals surface area (Å²) < 4.78 is 0. The quantitative estimate of drug-likeness (QED) is 0.813. The van der Waals surface area contributed by atoms with E-state index in [2.05, 4.69) is 5.32 Å². The van der Waals surface area contributed by atoms with Gasteiger partial charge in [-0.15, -0.1) is 0 Å². The number of carboxylic acid groups (broad SMARTS) is 1. The predicted octanol–water partition coefficient (Wildman–Crippen LogP) is 1.51. The van der Waals surface area contributed by atoms with Gasteiger partial charge < -0.3 is 10.4 Å². The predicted molar refractivity (Wildman–Crippen MR) is 60.5 cm³/mol. The lowest BCUT2D eigenvalue weighted by Crippen LogP contribution is -2.38. The fraction of sp³-hybridized carbons (Fsp3) is 0.333. The number of aryl methyl sites for hydroxylation is 2. The van der Waals surface area contributed by atoms with Crippen molar-refractivity contribution >= 4 is 11.9 Å². The molecule has 1 aromatic rings.